The fraction of sp³-hybridized carbons (Fsp3) is 0. The van der Waals surface area contributed by atoms with Gasteiger partial charge in [-0.05, 0) is 0 Å². The van der Waals surface area contributed by atoms with Crippen LogP contribution in [0.15, 0.2) is 0 Å². The zero-order valence-electron chi connectivity index (χ0n) is 6.90. The predicted octanol–water partition coefficient (Wildman–Crippen LogP) is -5.21. The maximum Gasteiger partial charge on any atom is 2.00 e. The van der Waals surface area contributed by atoms with E-state index in [1.54, 1.807) is 0 Å². The van der Waals surface area contributed by atoms with E-state index in [0.717, 1.165) is 0 Å². The van der Waals surface area contributed by atoms with Crippen molar-refractivity contribution in [2.75, 3.05) is 0 Å². The topological polar surface area (TPSA) is 77.8 Å². The normalized spacial score (nSPS) is 8.43. The van der Waals surface area contributed by atoms with E-state index in [-0.39, 0.29) is 71.6 Å². The fourth-order valence-corrected chi connectivity index (χ4v) is 0. The van der Waals surface area contributed by atoms with Crippen molar-refractivity contribution in [2.45, 2.75) is 0 Å². The molecule has 0 saturated heterocycles. The van der Waals surface area contributed by atoms with Crippen LogP contribution in [0.1, 0.15) is 4.28 Å². The van der Waals surface area contributed by atoms with Crippen molar-refractivity contribution in [3.63, 3.8) is 0 Å². The standard InChI is InChI=1S/AsH3O4.Ca.Na.3H/c2-1(3,4)5;;;;;/h(H3,2,3,4,5);;;;;/q;+2;+1;3*-1. The average molecular weight is 208 g/mol. The van der Waals surface area contributed by atoms with Crippen LogP contribution in [0.3, 0.4) is 0 Å². The Balaban J connectivity index is -0.00000000800. The zero-order valence-corrected chi connectivity index (χ0v) is 9.99. The SMILES string of the molecule is O=[As](O)(O)O.[Ca+2].[H-].[H-].[H-].[Na+]. The molecule has 0 aromatic heterocycles. The molecule has 0 radical (unpaired) electrons. The van der Waals surface area contributed by atoms with Crippen LogP contribution in [0.5, 0.6) is 0 Å². The first-order chi connectivity index (χ1) is 2.00. The summed E-state index contributed by atoms with van der Waals surface area (Å²) < 4.78 is 30.7. The van der Waals surface area contributed by atoms with E-state index in [2.05, 4.69) is 0 Å². The molecule has 0 atom stereocenters. The quantitative estimate of drug-likeness (QED) is 0.348. The van der Waals surface area contributed by atoms with Crippen molar-refractivity contribution in [1.82, 2.24) is 0 Å². The molecule has 0 aliphatic heterocycles. The monoisotopic (exact) mass is 208 g/mol. The molecule has 0 aromatic carbocycles. The molecule has 0 saturated carbocycles. The summed E-state index contributed by atoms with van der Waals surface area (Å²) in [6.07, 6.45) is 0. The molecule has 0 rings (SSSR count). The van der Waals surface area contributed by atoms with E-state index in [1.807, 2.05) is 0 Å². The van der Waals surface area contributed by atoms with Crippen LogP contribution in [-0.2, 0) is 3.74 Å². The van der Waals surface area contributed by atoms with Gasteiger partial charge in [0, 0.05) is 0 Å². The van der Waals surface area contributed by atoms with Gasteiger partial charge in [-0.3, -0.25) is 0 Å². The van der Waals surface area contributed by atoms with Crippen molar-refractivity contribution in [3.05, 3.63) is 0 Å². The number of rotatable bonds is 0. The first-order valence-electron chi connectivity index (χ1n) is 0.783. The van der Waals surface area contributed by atoms with Crippen molar-refractivity contribution in [3.8, 4) is 0 Å². The summed E-state index contributed by atoms with van der Waals surface area (Å²) in [5, 5.41) is 0. The summed E-state index contributed by atoms with van der Waals surface area (Å²) in [4.78, 5) is 0. The van der Waals surface area contributed by atoms with Gasteiger partial charge >= 0.3 is 97.8 Å². The molecule has 0 heterocycles. The summed E-state index contributed by atoms with van der Waals surface area (Å²) in [7, 11) is 0. The Hall–Kier alpha value is 2.50. The Morgan fingerprint density at radius 2 is 1.29 bits per heavy atom. The van der Waals surface area contributed by atoms with E-state index in [0.29, 0.717) is 0 Å². The summed E-state index contributed by atoms with van der Waals surface area (Å²) in [5.74, 6) is 0. The van der Waals surface area contributed by atoms with Gasteiger partial charge in [0.05, 0.1) is 0 Å². The van der Waals surface area contributed by atoms with Crippen LogP contribution >= 0.6 is 0 Å². The minimum Gasteiger partial charge on any atom is -1.00 e. The van der Waals surface area contributed by atoms with E-state index in [9.17, 15) is 0 Å². The van der Waals surface area contributed by atoms with E-state index in [4.69, 9.17) is 16.0 Å². The Morgan fingerprint density at radius 1 is 1.29 bits per heavy atom. The Morgan fingerprint density at radius 3 is 1.29 bits per heavy atom. The molecular weight excluding hydrogens is 202 g/mol. The van der Waals surface area contributed by atoms with Gasteiger partial charge in [0.25, 0.3) is 0 Å². The van der Waals surface area contributed by atoms with Crippen molar-refractivity contribution >= 4 is 52.3 Å². The minimum atomic E-state index is -5.12. The van der Waals surface area contributed by atoms with Gasteiger partial charge < -0.3 is 4.28 Å². The van der Waals surface area contributed by atoms with Gasteiger partial charge in [-0.15, -0.1) is 0 Å². The van der Waals surface area contributed by atoms with Gasteiger partial charge in [-0.25, -0.2) is 0 Å². The Bertz CT molecular complexity index is 66.6. The van der Waals surface area contributed by atoms with Crippen LogP contribution in [0.4, 0.5) is 0 Å². The molecular formula is H6AsCaNaO4. The minimum absolute atomic E-state index is 0. The molecule has 4 nitrogen and oxygen atoms in total. The molecule has 0 amide bonds. The van der Waals surface area contributed by atoms with Gasteiger partial charge in [0.15, 0.2) is 0 Å². The smallest absolute Gasteiger partial charge is 1.00 e. The van der Waals surface area contributed by atoms with Crippen LogP contribution in [0.25, 0.3) is 0 Å². The van der Waals surface area contributed by atoms with Crippen LogP contribution in [0, 0.1) is 0 Å². The van der Waals surface area contributed by atoms with Gasteiger partial charge in [0.2, 0.25) is 0 Å². The molecule has 0 aliphatic carbocycles. The first kappa shape index (κ1) is 16.2. The van der Waals surface area contributed by atoms with Crippen molar-refractivity contribution in [1.29, 1.82) is 0 Å². The molecule has 0 aromatic rings. The summed E-state index contributed by atoms with van der Waals surface area (Å²) >= 11 is -5.12. The second-order valence-electron chi connectivity index (χ2n) is 0.513. The van der Waals surface area contributed by atoms with Gasteiger partial charge in [-0.2, -0.15) is 0 Å². The molecule has 7 heavy (non-hydrogen) atoms. The molecule has 38 valence electrons. The third-order valence-electron chi connectivity index (χ3n) is 0. The summed E-state index contributed by atoms with van der Waals surface area (Å²) in [5.41, 5.74) is 0. The summed E-state index contributed by atoms with van der Waals surface area (Å²) in [6.45, 7) is 0. The fourth-order valence-electron chi connectivity index (χ4n) is 0. The summed E-state index contributed by atoms with van der Waals surface area (Å²) in [6, 6.07) is 0. The van der Waals surface area contributed by atoms with E-state index < -0.39 is 14.5 Å². The molecule has 0 bridgehead atoms. The molecule has 0 unspecified atom stereocenters. The zero-order chi connectivity index (χ0) is 4.50. The second kappa shape index (κ2) is 6.62. The Kier molecular flexibility index (Phi) is 15.4. The van der Waals surface area contributed by atoms with Crippen LogP contribution in [-0.4, -0.2) is 64.5 Å². The second-order valence-corrected chi connectivity index (χ2v) is 2.67. The van der Waals surface area contributed by atoms with Gasteiger partial charge in [0.1, 0.15) is 0 Å². The maximum atomic E-state index is 8.94. The molecule has 0 aliphatic rings. The molecule has 3 N–H and O–H groups in total. The third-order valence-corrected chi connectivity index (χ3v) is 0. The first-order valence-corrected chi connectivity index (χ1v) is 4.07. The van der Waals surface area contributed by atoms with Crippen molar-refractivity contribution in [2.24, 2.45) is 0 Å². The van der Waals surface area contributed by atoms with E-state index >= 15 is 0 Å². The largest absolute Gasteiger partial charge is 2.00 e. The van der Waals surface area contributed by atoms with Gasteiger partial charge in [-0.1, -0.05) is 0 Å². The van der Waals surface area contributed by atoms with Crippen LogP contribution < -0.4 is 29.6 Å². The molecule has 0 fully saturated rings. The molecule has 7 heteroatoms. The van der Waals surface area contributed by atoms with Crippen molar-refractivity contribution < 1.29 is 49.9 Å². The number of hydrogen-bond donors (Lipinski definition) is 3. The average Bonchev–Trinajstić information content (AvgIpc) is 0.722. The van der Waals surface area contributed by atoms with E-state index in [1.165, 1.54) is 0 Å². The Labute approximate surface area is 100 Å². The van der Waals surface area contributed by atoms with Crippen LogP contribution in [0.2, 0.25) is 0 Å². The maximum absolute atomic E-state index is 8.94. The third kappa shape index (κ3) is 57.5. The molecule has 0 spiro atoms. The number of hydrogen-bond acceptors (Lipinski definition) is 1. The predicted molar refractivity (Wildman–Crippen MR) is 22.2 cm³/mol.